The van der Waals surface area contributed by atoms with Crippen LogP contribution >= 0.6 is 0 Å². The minimum atomic E-state index is -0.216. The first-order valence-corrected chi connectivity index (χ1v) is 4.74. The van der Waals surface area contributed by atoms with Crippen molar-refractivity contribution in [2.75, 3.05) is 13.3 Å². The molecule has 0 aromatic carbocycles. The van der Waals surface area contributed by atoms with Crippen LogP contribution in [-0.4, -0.2) is 36.0 Å². The number of rotatable bonds is 5. The summed E-state index contributed by atoms with van der Waals surface area (Å²) in [7, 11) is 0. The molecule has 15 heavy (non-hydrogen) atoms. The fraction of sp³-hybridized carbons (Fsp3) is 0.667. The summed E-state index contributed by atoms with van der Waals surface area (Å²) in [5, 5.41) is 5.00. The summed E-state index contributed by atoms with van der Waals surface area (Å²) < 4.78 is 0. The highest BCUT2D eigenvalue weighted by molar-refractivity contribution is 5.78. The standard InChI is InChI=1S/C9H17N3O3/c1-4-9(15)12(5-10-7(2)13)6-11-8(3)14/h4-6H2,1-3H3,(H,10,13)(H,11,14). The van der Waals surface area contributed by atoms with Crippen molar-refractivity contribution in [3.63, 3.8) is 0 Å². The number of amides is 3. The third-order valence-electron chi connectivity index (χ3n) is 1.69. The van der Waals surface area contributed by atoms with Crippen LogP contribution in [0.1, 0.15) is 27.2 Å². The number of nitrogens with one attached hydrogen (secondary N) is 2. The summed E-state index contributed by atoms with van der Waals surface area (Å²) in [6.45, 7) is 4.68. The van der Waals surface area contributed by atoms with Crippen LogP contribution < -0.4 is 10.6 Å². The minimum Gasteiger partial charge on any atom is -0.339 e. The molecule has 6 heteroatoms. The van der Waals surface area contributed by atoms with Crippen LogP contribution in [0.2, 0.25) is 0 Å². The van der Waals surface area contributed by atoms with Crippen LogP contribution in [0.25, 0.3) is 0 Å². The van der Waals surface area contributed by atoms with Gasteiger partial charge < -0.3 is 15.5 Å². The summed E-state index contributed by atoms with van der Waals surface area (Å²) in [5.41, 5.74) is 0. The Bertz CT molecular complexity index is 235. The summed E-state index contributed by atoms with van der Waals surface area (Å²) in [4.78, 5) is 34.0. The van der Waals surface area contributed by atoms with Crippen molar-refractivity contribution in [3.8, 4) is 0 Å². The molecule has 3 amide bonds. The third kappa shape index (κ3) is 6.48. The van der Waals surface area contributed by atoms with E-state index in [1.807, 2.05) is 0 Å². The van der Waals surface area contributed by atoms with Crippen LogP contribution in [0.15, 0.2) is 0 Å². The van der Waals surface area contributed by atoms with Crippen LogP contribution in [0.4, 0.5) is 0 Å². The number of hydrogen-bond donors (Lipinski definition) is 2. The molecule has 0 atom stereocenters. The predicted octanol–water partition coefficient (Wildman–Crippen LogP) is -0.588. The lowest BCUT2D eigenvalue weighted by molar-refractivity contribution is -0.133. The molecule has 0 heterocycles. The second kappa shape index (κ2) is 6.80. The highest BCUT2D eigenvalue weighted by Gasteiger charge is 2.11. The van der Waals surface area contributed by atoms with Gasteiger partial charge in [-0.3, -0.25) is 14.4 Å². The molecule has 0 saturated heterocycles. The second-order valence-electron chi connectivity index (χ2n) is 3.07. The lowest BCUT2D eigenvalue weighted by Crippen LogP contribution is -2.46. The summed E-state index contributed by atoms with van der Waals surface area (Å²) in [6, 6.07) is 0. The van der Waals surface area contributed by atoms with Crippen molar-refractivity contribution in [2.45, 2.75) is 27.2 Å². The zero-order chi connectivity index (χ0) is 11.8. The molecule has 0 aromatic rings. The van der Waals surface area contributed by atoms with Gasteiger partial charge >= 0.3 is 0 Å². The lowest BCUT2D eigenvalue weighted by atomic mass is 10.4. The molecule has 86 valence electrons. The zero-order valence-electron chi connectivity index (χ0n) is 9.29. The van der Waals surface area contributed by atoms with Gasteiger partial charge in [0.1, 0.15) is 0 Å². The monoisotopic (exact) mass is 215 g/mol. The Hall–Kier alpha value is -1.59. The Labute approximate surface area is 89.0 Å². The van der Waals surface area contributed by atoms with E-state index in [4.69, 9.17) is 0 Å². The van der Waals surface area contributed by atoms with E-state index in [0.29, 0.717) is 6.42 Å². The smallest absolute Gasteiger partial charge is 0.225 e. The van der Waals surface area contributed by atoms with Crippen LogP contribution in [0.5, 0.6) is 0 Å². The normalized spacial score (nSPS) is 9.27. The Balaban J connectivity index is 4.12. The fourth-order valence-electron chi connectivity index (χ4n) is 0.869. The van der Waals surface area contributed by atoms with Gasteiger partial charge in [-0.05, 0) is 0 Å². The maximum Gasteiger partial charge on any atom is 0.225 e. The number of hydrogen-bond acceptors (Lipinski definition) is 3. The summed E-state index contributed by atoms with van der Waals surface area (Å²) in [6.07, 6.45) is 0.333. The topological polar surface area (TPSA) is 78.5 Å². The molecule has 0 saturated carbocycles. The second-order valence-corrected chi connectivity index (χ2v) is 3.07. The van der Waals surface area contributed by atoms with Crippen molar-refractivity contribution in [3.05, 3.63) is 0 Å². The molecule has 0 bridgehead atoms. The highest BCUT2D eigenvalue weighted by Crippen LogP contribution is 1.90. The molecular formula is C9H17N3O3. The van der Waals surface area contributed by atoms with E-state index in [1.54, 1.807) is 6.92 Å². The van der Waals surface area contributed by atoms with Crippen molar-refractivity contribution in [1.29, 1.82) is 0 Å². The first-order chi connectivity index (χ1) is 6.97. The molecule has 0 unspecified atom stereocenters. The van der Waals surface area contributed by atoms with Crippen molar-refractivity contribution >= 4 is 17.7 Å². The molecule has 0 aliphatic carbocycles. The van der Waals surface area contributed by atoms with Crippen molar-refractivity contribution in [1.82, 2.24) is 15.5 Å². The van der Waals surface area contributed by atoms with Crippen molar-refractivity contribution in [2.24, 2.45) is 0 Å². The van der Waals surface area contributed by atoms with Gasteiger partial charge in [-0.15, -0.1) is 0 Å². The van der Waals surface area contributed by atoms with E-state index >= 15 is 0 Å². The quantitative estimate of drug-likeness (QED) is 0.602. The predicted molar refractivity (Wildman–Crippen MR) is 54.5 cm³/mol. The molecule has 0 aromatic heterocycles. The summed E-state index contributed by atoms with van der Waals surface area (Å²) in [5.74, 6) is -0.559. The van der Waals surface area contributed by atoms with E-state index in [0.717, 1.165) is 0 Å². The van der Waals surface area contributed by atoms with E-state index in [2.05, 4.69) is 10.6 Å². The van der Waals surface area contributed by atoms with E-state index in [1.165, 1.54) is 18.7 Å². The Morgan fingerprint density at radius 1 is 1.00 bits per heavy atom. The summed E-state index contributed by atoms with van der Waals surface area (Å²) >= 11 is 0. The first kappa shape index (κ1) is 13.4. The van der Waals surface area contributed by atoms with Gasteiger partial charge in [-0.25, -0.2) is 0 Å². The maximum absolute atomic E-state index is 11.4. The molecule has 0 aliphatic heterocycles. The highest BCUT2D eigenvalue weighted by atomic mass is 16.2. The molecule has 0 rings (SSSR count). The Morgan fingerprint density at radius 3 is 1.67 bits per heavy atom. The van der Waals surface area contributed by atoms with Gasteiger partial charge in [0.25, 0.3) is 0 Å². The fourth-order valence-corrected chi connectivity index (χ4v) is 0.869. The van der Waals surface area contributed by atoms with Gasteiger partial charge in [0, 0.05) is 20.3 Å². The van der Waals surface area contributed by atoms with Gasteiger partial charge in [0.15, 0.2) is 0 Å². The first-order valence-electron chi connectivity index (χ1n) is 4.74. The van der Waals surface area contributed by atoms with Gasteiger partial charge in [0.05, 0.1) is 13.3 Å². The van der Waals surface area contributed by atoms with E-state index in [-0.39, 0.29) is 31.1 Å². The van der Waals surface area contributed by atoms with E-state index < -0.39 is 0 Å². The molecular weight excluding hydrogens is 198 g/mol. The largest absolute Gasteiger partial charge is 0.339 e. The van der Waals surface area contributed by atoms with Crippen molar-refractivity contribution < 1.29 is 14.4 Å². The maximum atomic E-state index is 11.4. The van der Waals surface area contributed by atoms with Crippen LogP contribution in [-0.2, 0) is 14.4 Å². The third-order valence-corrected chi connectivity index (χ3v) is 1.69. The molecule has 6 nitrogen and oxygen atoms in total. The average molecular weight is 215 g/mol. The number of carbonyl (C=O) groups is 3. The lowest BCUT2D eigenvalue weighted by Gasteiger charge is -2.22. The molecule has 0 fully saturated rings. The van der Waals surface area contributed by atoms with E-state index in [9.17, 15) is 14.4 Å². The van der Waals surface area contributed by atoms with Gasteiger partial charge in [-0.1, -0.05) is 6.92 Å². The number of nitrogens with zero attached hydrogens (tertiary/aromatic N) is 1. The zero-order valence-corrected chi connectivity index (χ0v) is 9.29. The van der Waals surface area contributed by atoms with Gasteiger partial charge in [-0.2, -0.15) is 0 Å². The molecule has 0 spiro atoms. The molecule has 0 aliphatic rings. The minimum absolute atomic E-state index is 0.113. The average Bonchev–Trinajstić information content (AvgIpc) is 2.16. The SMILES string of the molecule is CCC(=O)N(CNC(C)=O)CNC(C)=O. The molecule has 0 radical (unpaired) electrons. The Morgan fingerprint density at radius 2 is 1.40 bits per heavy atom. The van der Waals surface area contributed by atoms with Gasteiger partial charge in [0.2, 0.25) is 17.7 Å². The van der Waals surface area contributed by atoms with Crippen LogP contribution in [0.3, 0.4) is 0 Å². The Kier molecular flexibility index (Phi) is 6.08. The molecule has 2 N–H and O–H groups in total. The van der Waals surface area contributed by atoms with Crippen LogP contribution in [0, 0.1) is 0 Å². The number of carbonyl (C=O) groups excluding carboxylic acids is 3.